The molecule has 0 aliphatic rings. The number of hydrogen-bond donors (Lipinski definition) is 4. The van der Waals surface area contributed by atoms with Crippen molar-refractivity contribution in [3.63, 3.8) is 0 Å². The fourth-order valence-electron chi connectivity index (χ4n) is 2.21. The van der Waals surface area contributed by atoms with Crippen molar-refractivity contribution in [2.24, 2.45) is 0 Å². The molecule has 0 fully saturated rings. The minimum Gasteiger partial charge on any atom is -0.506 e. The molecule has 19 heavy (non-hydrogen) atoms. The first kappa shape index (κ1) is 13.6. The molecule has 5 heteroatoms. The fourth-order valence-corrected chi connectivity index (χ4v) is 2.21. The summed E-state index contributed by atoms with van der Waals surface area (Å²) in [5, 5.41) is 23.3. The Morgan fingerprint density at radius 3 is 2.63 bits per heavy atom. The second-order valence-corrected chi connectivity index (χ2v) is 4.84. The van der Waals surface area contributed by atoms with E-state index in [1.165, 1.54) is 12.1 Å². The fraction of sp³-hybridized carbons (Fsp3) is 0.357. The van der Waals surface area contributed by atoms with Gasteiger partial charge in [-0.2, -0.15) is 0 Å². The standard InChI is InChI=1S/C14H18N2O3/c1-8(2)15-11(7-17)9-3-5-12(18)14-10(9)4-6-13(19)16-14/h3-6,8,11,15,17-18H,7H2,1-2H3,(H,16,19). The van der Waals surface area contributed by atoms with Crippen LogP contribution in [0.15, 0.2) is 29.1 Å². The lowest BCUT2D eigenvalue weighted by Gasteiger charge is -2.21. The summed E-state index contributed by atoms with van der Waals surface area (Å²) in [6.45, 7) is 3.93. The van der Waals surface area contributed by atoms with E-state index in [-0.39, 0.29) is 30.0 Å². The van der Waals surface area contributed by atoms with Crippen molar-refractivity contribution in [3.8, 4) is 5.75 Å². The summed E-state index contributed by atoms with van der Waals surface area (Å²) in [5.41, 5.74) is 0.978. The normalized spacial score (nSPS) is 13.1. The predicted octanol–water partition coefficient (Wildman–Crippen LogP) is 1.27. The smallest absolute Gasteiger partial charge is 0.248 e. The summed E-state index contributed by atoms with van der Waals surface area (Å²) in [6, 6.07) is 6.32. The summed E-state index contributed by atoms with van der Waals surface area (Å²) in [4.78, 5) is 13.9. The Hall–Kier alpha value is -1.85. The van der Waals surface area contributed by atoms with Crippen LogP contribution in [-0.2, 0) is 0 Å². The average Bonchev–Trinajstić information content (AvgIpc) is 2.37. The molecule has 2 rings (SSSR count). The lowest BCUT2D eigenvalue weighted by molar-refractivity contribution is 0.238. The highest BCUT2D eigenvalue weighted by atomic mass is 16.3. The second-order valence-electron chi connectivity index (χ2n) is 4.84. The number of aromatic nitrogens is 1. The lowest BCUT2D eigenvalue weighted by Crippen LogP contribution is -2.30. The van der Waals surface area contributed by atoms with E-state index in [9.17, 15) is 15.0 Å². The van der Waals surface area contributed by atoms with E-state index in [2.05, 4.69) is 10.3 Å². The number of nitrogens with one attached hydrogen (secondary N) is 2. The monoisotopic (exact) mass is 262 g/mol. The number of hydrogen-bond acceptors (Lipinski definition) is 4. The van der Waals surface area contributed by atoms with Crippen molar-refractivity contribution in [2.75, 3.05) is 6.61 Å². The van der Waals surface area contributed by atoms with Gasteiger partial charge in [0, 0.05) is 17.5 Å². The Morgan fingerprint density at radius 1 is 1.26 bits per heavy atom. The Bertz CT molecular complexity index is 634. The maximum Gasteiger partial charge on any atom is 0.248 e. The lowest BCUT2D eigenvalue weighted by atomic mass is 10.0. The molecule has 0 saturated carbocycles. The van der Waals surface area contributed by atoms with Gasteiger partial charge in [-0.05, 0) is 17.7 Å². The second kappa shape index (κ2) is 5.42. The number of phenols is 1. The van der Waals surface area contributed by atoms with E-state index in [1.807, 2.05) is 13.8 Å². The molecular formula is C14H18N2O3. The number of fused-ring (bicyclic) bond motifs is 1. The number of rotatable bonds is 4. The van der Waals surface area contributed by atoms with Gasteiger partial charge in [-0.15, -0.1) is 0 Å². The van der Waals surface area contributed by atoms with Crippen molar-refractivity contribution in [3.05, 3.63) is 40.2 Å². The zero-order valence-corrected chi connectivity index (χ0v) is 11.0. The molecule has 0 radical (unpaired) electrons. The number of benzene rings is 1. The van der Waals surface area contributed by atoms with Crippen LogP contribution in [0.1, 0.15) is 25.5 Å². The highest BCUT2D eigenvalue weighted by Crippen LogP contribution is 2.28. The molecular weight excluding hydrogens is 244 g/mol. The van der Waals surface area contributed by atoms with Gasteiger partial charge in [0.05, 0.1) is 18.2 Å². The third-order valence-corrected chi connectivity index (χ3v) is 3.00. The van der Waals surface area contributed by atoms with Crippen LogP contribution in [0.25, 0.3) is 10.9 Å². The minimum absolute atomic E-state index is 0.0256. The third-order valence-electron chi connectivity index (χ3n) is 3.00. The maximum atomic E-state index is 11.3. The average molecular weight is 262 g/mol. The highest BCUT2D eigenvalue weighted by Gasteiger charge is 2.16. The molecule has 4 N–H and O–H groups in total. The Balaban J connectivity index is 2.60. The Labute approximate surface area is 110 Å². The topological polar surface area (TPSA) is 85.3 Å². The number of aliphatic hydroxyl groups excluding tert-OH is 1. The van der Waals surface area contributed by atoms with E-state index in [4.69, 9.17) is 0 Å². The van der Waals surface area contributed by atoms with E-state index < -0.39 is 0 Å². The molecule has 0 bridgehead atoms. The number of H-pyrrole nitrogens is 1. The zero-order chi connectivity index (χ0) is 14.0. The van der Waals surface area contributed by atoms with E-state index in [1.54, 1.807) is 12.1 Å². The molecule has 1 aromatic carbocycles. The van der Waals surface area contributed by atoms with Gasteiger partial charge in [0.25, 0.3) is 0 Å². The minimum atomic E-state index is -0.266. The van der Waals surface area contributed by atoms with Gasteiger partial charge in [-0.3, -0.25) is 4.79 Å². The van der Waals surface area contributed by atoms with Crippen molar-refractivity contribution in [1.29, 1.82) is 0 Å². The van der Waals surface area contributed by atoms with E-state index in [0.29, 0.717) is 5.52 Å². The molecule has 1 heterocycles. The SMILES string of the molecule is CC(C)NC(CO)c1ccc(O)c2[nH]c(=O)ccc12. The largest absolute Gasteiger partial charge is 0.506 e. The molecule has 2 aromatic rings. The number of pyridine rings is 1. The van der Waals surface area contributed by atoms with Crippen LogP contribution >= 0.6 is 0 Å². The Kier molecular flexibility index (Phi) is 3.87. The maximum absolute atomic E-state index is 11.3. The van der Waals surface area contributed by atoms with Gasteiger partial charge in [-0.1, -0.05) is 19.9 Å². The molecule has 0 saturated heterocycles. The first-order valence-electron chi connectivity index (χ1n) is 6.24. The summed E-state index contributed by atoms with van der Waals surface area (Å²) in [5.74, 6) is 0.0256. The molecule has 102 valence electrons. The molecule has 0 aliphatic heterocycles. The highest BCUT2D eigenvalue weighted by molar-refractivity contribution is 5.87. The molecule has 5 nitrogen and oxygen atoms in total. The summed E-state index contributed by atoms with van der Waals surface area (Å²) in [6.07, 6.45) is 0. The van der Waals surface area contributed by atoms with Gasteiger partial charge in [0.2, 0.25) is 5.56 Å². The van der Waals surface area contributed by atoms with Crippen LogP contribution in [0.4, 0.5) is 0 Å². The number of aromatic amines is 1. The zero-order valence-electron chi connectivity index (χ0n) is 11.0. The van der Waals surface area contributed by atoms with Gasteiger partial charge in [0.1, 0.15) is 5.75 Å². The Morgan fingerprint density at radius 2 is 2.00 bits per heavy atom. The molecule has 0 aliphatic carbocycles. The molecule has 0 amide bonds. The number of phenolic OH excluding ortho intramolecular Hbond substituents is 1. The van der Waals surface area contributed by atoms with Crippen molar-refractivity contribution in [1.82, 2.24) is 10.3 Å². The molecule has 1 aromatic heterocycles. The third kappa shape index (κ3) is 2.77. The van der Waals surface area contributed by atoms with E-state index >= 15 is 0 Å². The predicted molar refractivity (Wildman–Crippen MR) is 74.3 cm³/mol. The number of aliphatic hydroxyl groups is 1. The van der Waals surface area contributed by atoms with Gasteiger partial charge in [0.15, 0.2) is 0 Å². The molecule has 1 atom stereocenters. The van der Waals surface area contributed by atoms with Crippen LogP contribution in [0.3, 0.4) is 0 Å². The van der Waals surface area contributed by atoms with Crippen molar-refractivity contribution >= 4 is 10.9 Å². The summed E-state index contributed by atoms with van der Waals surface area (Å²) in [7, 11) is 0. The van der Waals surface area contributed by atoms with Crippen LogP contribution in [0.5, 0.6) is 5.75 Å². The van der Waals surface area contributed by atoms with Crippen LogP contribution in [0, 0.1) is 0 Å². The quantitative estimate of drug-likeness (QED) is 0.668. The summed E-state index contributed by atoms with van der Waals surface area (Å²) < 4.78 is 0. The first-order chi connectivity index (χ1) is 9.02. The summed E-state index contributed by atoms with van der Waals surface area (Å²) >= 11 is 0. The van der Waals surface area contributed by atoms with Crippen molar-refractivity contribution < 1.29 is 10.2 Å². The van der Waals surface area contributed by atoms with Gasteiger partial charge in [-0.25, -0.2) is 0 Å². The number of aromatic hydroxyl groups is 1. The van der Waals surface area contributed by atoms with Crippen LogP contribution in [-0.4, -0.2) is 27.8 Å². The van der Waals surface area contributed by atoms with Gasteiger partial charge >= 0.3 is 0 Å². The van der Waals surface area contributed by atoms with E-state index in [0.717, 1.165) is 10.9 Å². The molecule has 1 unspecified atom stereocenters. The van der Waals surface area contributed by atoms with Crippen LogP contribution < -0.4 is 10.9 Å². The first-order valence-corrected chi connectivity index (χ1v) is 6.24. The van der Waals surface area contributed by atoms with Crippen molar-refractivity contribution in [2.45, 2.75) is 25.9 Å². The molecule has 0 spiro atoms. The van der Waals surface area contributed by atoms with Gasteiger partial charge < -0.3 is 20.5 Å². The van der Waals surface area contributed by atoms with Crippen LogP contribution in [0.2, 0.25) is 0 Å².